The van der Waals surface area contributed by atoms with E-state index in [0.717, 1.165) is 5.75 Å². The van der Waals surface area contributed by atoms with E-state index in [-0.39, 0.29) is 0 Å². The third kappa shape index (κ3) is 6.15. The predicted octanol–water partition coefficient (Wildman–Crippen LogP) is 1.31. The van der Waals surface area contributed by atoms with Crippen LogP contribution in [-0.4, -0.2) is 41.6 Å². The second-order valence-corrected chi connectivity index (χ2v) is 5.06. The Morgan fingerprint density at radius 2 is 2.16 bits per heavy atom. The molecule has 0 radical (unpaired) electrons. The summed E-state index contributed by atoms with van der Waals surface area (Å²) in [6.45, 7) is 2.51. The summed E-state index contributed by atoms with van der Waals surface area (Å²) in [7, 11) is 0. The van der Waals surface area contributed by atoms with Gasteiger partial charge in [0.1, 0.15) is 11.8 Å². The number of carboxylic acids is 1. The summed E-state index contributed by atoms with van der Waals surface area (Å²) in [5.41, 5.74) is 1.17. The van der Waals surface area contributed by atoms with Gasteiger partial charge in [-0.1, -0.05) is 17.7 Å². The quantitative estimate of drug-likeness (QED) is 0.528. The van der Waals surface area contributed by atoms with E-state index in [1.165, 1.54) is 17.3 Å². The lowest BCUT2D eigenvalue weighted by atomic mass is 10.2. The molecule has 1 aromatic rings. The Bertz CT molecular complexity index is 408. The van der Waals surface area contributed by atoms with Crippen LogP contribution in [-0.2, 0) is 9.59 Å². The normalized spacial score (nSPS) is 11.6. The number of hydrogen-bond donors (Lipinski definition) is 2. The summed E-state index contributed by atoms with van der Waals surface area (Å²) in [6, 6.07) is 6.89. The summed E-state index contributed by atoms with van der Waals surface area (Å²) < 4.78 is 5.51. The minimum Gasteiger partial charge on any atom is -0.493 e. The van der Waals surface area contributed by atoms with Gasteiger partial charge in [0.25, 0.3) is 0 Å². The Morgan fingerprint density at radius 3 is 2.74 bits per heavy atom. The number of thioether (sulfide) groups is 1. The number of benzene rings is 1. The molecule has 0 aliphatic rings. The Balaban J connectivity index is 2.18. The largest absolute Gasteiger partial charge is 0.493 e. The van der Waals surface area contributed by atoms with Crippen LogP contribution in [0.25, 0.3) is 0 Å². The summed E-state index contributed by atoms with van der Waals surface area (Å²) in [5, 5.41) is 11.1. The molecule has 2 N–H and O–H groups in total. The second kappa shape index (κ2) is 8.42. The van der Waals surface area contributed by atoms with Gasteiger partial charge in [0.15, 0.2) is 0 Å². The molecule has 19 heavy (non-hydrogen) atoms. The van der Waals surface area contributed by atoms with Crippen LogP contribution in [0, 0.1) is 6.92 Å². The molecule has 1 aromatic carbocycles. The molecule has 0 saturated carbocycles. The zero-order valence-corrected chi connectivity index (χ0v) is 11.5. The minimum absolute atomic E-state index is 0.325. The molecule has 6 heteroatoms. The highest BCUT2D eigenvalue weighted by atomic mass is 32.2. The highest BCUT2D eigenvalue weighted by molar-refractivity contribution is 7.99. The van der Waals surface area contributed by atoms with Crippen LogP contribution in [0.1, 0.15) is 5.56 Å². The van der Waals surface area contributed by atoms with Gasteiger partial charge in [0.2, 0.25) is 6.41 Å². The molecular formula is C13H17NO4S. The number of carbonyl (C=O) groups excluding carboxylic acids is 1. The van der Waals surface area contributed by atoms with Crippen LogP contribution >= 0.6 is 11.8 Å². The maximum Gasteiger partial charge on any atom is 0.327 e. The topological polar surface area (TPSA) is 75.6 Å². The Morgan fingerprint density at radius 1 is 1.47 bits per heavy atom. The van der Waals surface area contributed by atoms with Gasteiger partial charge < -0.3 is 15.2 Å². The molecular weight excluding hydrogens is 266 g/mol. The summed E-state index contributed by atoms with van der Waals surface area (Å²) >= 11 is 1.42. The Kier molecular flexibility index (Phi) is 6.81. The van der Waals surface area contributed by atoms with Crippen molar-refractivity contribution in [2.24, 2.45) is 0 Å². The molecule has 1 unspecified atom stereocenters. The van der Waals surface area contributed by atoms with Crippen molar-refractivity contribution in [2.75, 3.05) is 18.1 Å². The monoisotopic (exact) mass is 283 g/mol. The van der Waals surface area contributed by atoms with E-state index in [4.69, 9.17) is 9.84 Å². The van der Waals surface area contributed by atoms with Crippen LogP contribution in [0.5, 0.6) is 5.75 Å². The van der Waals surface area contributed by atoms with Gasteiger partial charge in [-0.25, -0.2) is 4.79 Å². The van der Waals surface area contributed by atoms with Crippen molar-refractivity contribution in [1.29, 1.82) is 0 Å². The van der Waals surface area contributed by atoms with Crippen molar-refractivity contribution >= 4 is 24.1 Å². The number of nitrogens with one attached hydrogen (secondary N) is 1. The molecule has 1 amide bonds. The second-order valence-electron chi connectivity index (χ2n) is 3.91. The maximum absolute atomic E-state index is 10.7. The third-order valence-electron chi connectivity index (χ3n) is 2.37. The van der Waals surface area contributed by atoms with Gasteiger partial charge >= 0.3 is 5.97 Å². The van der Waals surface area contributed by atoms with Crippen LogP contribution in [0.2, 0.25) is 0 Å². The number of aryl methyl sites for hydroxylation is 1. The number of aliphatic carboxylic acids is 1. The molecule has 0 aliphatic carbocycles. The zero-order chi connectivity index (χ0) is 14.1. The van der Waals surface area contributed by atoms with Gasteiger partial charge in [0.05, 0.1) is 6.61 Å². The first-order valence-electron chi connectivity index (χ1n) is 5.83. The van der Waals surface area contributed by atoms with Gasteiger partial charge in [-0.05, 0) is 19.1 Å². The first-order chi connectivity index (χ1) is 9.13. The van der Waals surface area contributed by atoms with E-state index < -0.39 is 12.0 Å². The number of amides is 1. The van der Waals surface area contributed by atoms with Crippen LogP contribution in [0.4, 0.5) is 0 Å². The Hall–Kier alpha value is -1.69. The van der Waals surface area contributed by atoms with E-state index in [9.17, 15) is 9.59 Å². The van der Waals surface area contributed by atoms with Crippen molar-refractivity contribution in [3.63, 3.8) is 0 Å². The molecule has 0 aromatic heterocycles. The number of rotatable bonds is 9. The number of carboxylic acid groups (broad SMARTS) is 1. The molecule has 5 nitrogen and oxygen atoms in total. The first kappa shape index (κ1) is 15.4. The van der Waals surface area contributed by atoms with Gasteiger partial charge in [-0.15, -0.1) is 0 Å². The molecule has 0 saturated heterocycles. The minimum atomic E-state index is -1.03. The number of hydrogen-bond acceptors (Lipinski definition) is 4. The van der Waals surface area contributed by atoms with E-state index in [0.29, 0.717) is 24.5 Å². The van der Waals surface area contributed by atoms with Crippen LogP contribution in [0.3, 0.4) is 0 Å². The smallest absolute Gasteiger partial charge is 0.327 e. The van der Waals surface area contributed by atoms with E-state index in [1.54, 1.807) is 0 Å². The summed E-state index contributed by atoms with van der Waals surface area (Å²) in [4.78, 5) is 21.0. The molecule has 1 rings (SSSR count). The molecule has 0 bridgehead atoms. The van der Waals surface area contributed by atoms with E-state index in [1.807, 2.05) is 31.2 Å². The lowest BCUT2D eigenvalue weighted by molar-refractivity contribution is -0.139. The summed E-state index contributed by atoms with van der Waals surface area (Å²) in [6.07, 6.45) is 0.405. The molecule has 0 heterocycles. The number of carbonyl (C=O) groups is 2. The zero-order valence-electron chi connectivity index (χ0n) is 10.7. The maximum atomic E-state index is 10.7. The van der Waals surface area contributed by atoms with Crippen molar-refractivity contribution < 1.29 is 19.4 Å². The van der Waals surface area contributed by atoms with Gasteiger partial charge in [-0.2, -0.15) is 11.8 Å². The lowest BCUT2D eigenvalue weighted by Crippen LogP contribution is -2.38. The van der Waals surface area contributed by atoms with Gasteiger partial charge in [0, 0.05) is 11.5 Å². The Labute approximate surface area is 116 Å². The fourth-order valence-corrected chi connectivity index (χ4v) is 2.17. The lowest BCUT2D eigenvalue weighted by Gasteiger charge is -2.11. The fraction of sp³-hybridized carbons (Fsp3) is 0.385. The summed E-state index contributed by atoms with van der Waals surface area (Å²) in [5.74, 6) is 0.759. The average Bonchev–Trinajstić information content (AvgIpc) is 2.39. The third-order valence-corrected chi connectivity index (χ3v) is 3.39. The fourth-order valence-electron chi connectivity index (χ4n) is 1.33. The van der Waals surface area contributed by atoms with Gasteiger partial charge in [-0.3, -0.25) is 4.79 Å². The molecule has 0 fully saturated rings. The van der Waals surface area contributed by atoms with Crippen molar-refractivity contribution in [3.05, 3.63) is 29.8 Å². The van der Waals surface area contributed by atoms with E-state index >= 15 is 0 Å². The van der Waals surface area contributed by atoms with Crippen molar-refractivity contribution in [2.45, 2.75) is 13.0 Å². The molecule has 104 valence electrons. The van der Waals surface area contributed by atoms with Crippen molar-refractivity contribution in [1.82, 2.24) is 5.32 Å². The molecule has 0 aliphatic heterocycles. The SMILES string of the molecule is Cc1ccc(OCCSCC(NC=O)C(=O)O)cc1. The molecule has 0 spiro atoms. The van der Waals surface area contributed by atoms with E-state index in [2.05, 4.69) is 5.32 Å². The average molecular weight is 283 g/mol. The highest BCUT2D eigenvalue weighted by Gasteiger charge is 2.15. The first-order valence-corrected chi connectivity index (χ1v) is 6.98. The standard InChI is InChI=1S/C13H17NO4S/c1-10-2-4-11(5-3-10)18-6-7-19-8-12(13(16)17)14-9-15/h2-5,9,12H,6-8H2,1H3,(H,14,15)(H,16,17). The van der Waals surface area contributed by atoms with Crippen LogP contribution in [0.15, 0.2) is 24.3 Å². The predicted molar refractivity (Wildman–Crippen MR) is 74.6 cm³/mol. The van der Waals surface area contributed by atoms with Crippen molar-refractivity contribution in [3.8, 4) is 5.75 Å². The number of ether oxygens (including phenoxy) is 1. The highest BCUT2D eigenvalue weighted by Crippen LogP contribution is 2.12. The van der Waals surface area contributed by atoms with Crippen LogP contribution < -0.4 is 10.1 Å². The molecule has 1 atom stereocenters.